The van der Waals surface area contributed by atoms with Crippen molar-refractivity contribution in [2.75, 3.05) is 6.54 Å². The SMILES string of the molecule is CCC(C)(CCc1ccsc1)CNC1CC1. The van der Waals surface area contributed by atoms with Crippen LogP contribution in [0.2, 0.25) is 0 Å². The molecule has 1 nitrogen and oxygen atoms in total. The van der Waals surface area contributed by atoms with Crippen LogP contribution < -0.4 is 5.32 Å². The standard InChI is InChI=1S/C14H23NS/c1-3-14(2,11-15-13-4-5-13)8-6-12-7-9-16-10-12/h7,9-10,13,15H,3-6,8,11H2,1-2H3. The van der Waals surface area contributed by atoms with Gasteiger partial charge in [0.15, 0.2) is 0 Å². The third-order valence-electron chi connectivity index (χ3n) is 3.85. The highest BCUT2D eigenvalue weighted by atomic mass is 32.1. The van der Waals surface area contributed by atoms with Gasteiger partial charge >= 0.3 is 0 Å². The van der Waals surface area contributed by atoms with E-state index < -0.39 is 0 Å². The Morgan fingerprint density at radius 1 is 1.50 bits per heavy atom. The van der Waals surface area contributed by atoms with Gasteiger partial charge in [-0.1, -0.05) is 13.8 Å². The first-order valence-corrected chi connectivity index (χ1v) is 7.40. The van der Waals surface area contributed by atoms with E-state index >= 15 is 0 Å². The second-order valence-corrected chi connectivity index (χ2v) is 6.23. The molecular weight excluding hydrogens is 214 g/mol. The molecule has 0 spiro atoms. The van der Waals surface area contributed by atoms with Gasteiger partial charge in [-0.15, -0.1) is 0 Å². The maximum atomic E-state index is 3.68. The molecule has 0 aliphatic heterocycles. The molecule has 1 aromatic rings. The molecule has 1 aliphatic carbocycles. The van der Waals surface area contributed by atoms with Crippen molar-refractivity contribution in [1.82, 2.24) is 5.32 Å². The highest BCUT2D eigenvalue weighted by Crippen LogP contribution is 2.29. The summed E-state index contributed by atoms with van der Waals surface area (Å²) in [4.78, 5) is 0. The van der Waals surface area contributed by atoms with E-state index in [9.17, 15) is 0 Å². The maximum Gasteiger partial charge on any atom is 0.00684 e. The van der Waals surface area contributed by atoms with E-state index in [4.69, 9.17) is 0 Å². The van der Waals surface area contributed by atoms with E-state index in [2.05, 4.69) is 36.0 Å². The molecule has 1 heterocycles. The van der Waals surface area contributed by atoms with Gasteiger partial charge in [0.05, 0.1) is 0 Å². The highest BCUT2D eigenvalue weighted by molar-refractivity contribution is 7.07. The van der Waals surface area contributed by atoms with Crippen LogP contribution in [-0.4, -0.2) is 12.6 Å². The average Bonchev–Trinajstić information content (AvgIpc) is 2.99. The van der Waals surface area contributed by atoms with Crippen LogP contribution in [0.25, 0.3) is 0 Å². The van der Waals surface area contributed by atoms with Crippen molar-refractivity contribution in [2.45, 2.75) is 52.0 Å². The Hall–Kier alpha value is -0.340. The number of hydrogen-bond donors (Lipinski definition) is 1. The number of rotatable bonds is 7. The highest BCUT2D eigenvalue weighted by Gasteiger charge is 2.27. The van der Waals surface area contributed by atoms with Crippen LogP contribution in [0.4, 0.5) is 0 Å². The van der Waals surface area contributed by atoms with E-state index in [0.29, 0.717) is 5.41 Å². The third-order valence-corrected chi connectivity index (χ3v) is 4.58. The molecule has 0 radical (unpaired) electrons. The van der Waals surface area contributed by atoms with Gasteiger partial charge in [-0.3, -0.25) is 0 Å². The molecule has 90 valence electrons. The monoisotopic (exact) mass is 237 g/mol. The van der Waals surface area contributed by atoms with Gasteiger partial charge in [-0.05, 0) is 59.9 Å². The Balaban J connectivity index is 1.77. The second-order valence-electron chi connectivity index (χ2n) is 5.45. The van der Waals surface area contributed by atoms with Gasteiger partial charge in [0.2, 0.25) is 0 Å². The summed E-state index contributed by atoms with van der Waals surface area (Å²) < 4.78 is 0. The summed E-state index contributed by atoms with van der Waals surface area (Å²) in [5, 5.41) is 8.14. The second kappa shape index (κ2) is 5.33. The first kappa shape index (κ1) is 12.1. The molecule has 2 heteroatoms. The molecule has 0 amide bonds. The van der Waals surface area contributed by atoms with Gasteiger partial charge in [-0.2, -0.15) is 11.3 Å². The molecule has 1 N–H and O–H groups in total. The predicted molar refractivity (Wildman–Crippen MR) is 72.1 cm³/mol. The van der Waals surface area contributed by atoms with Gasteiger partial charge in [0.1, 0.15) is 0 Å². The molecule has 1 aromatic heterocycles. The Labute approximate surface area is 103 Å². The molecule has 1 unspecified atom stereocenters. The van der Waals surface area contributed by atoms with Crippen molar-refractivity contribution in [1.29, 1.82) is 0 Å². The van der Waals surface area contributed by atoms with Crippen molar-refractivity contribution in [2.24, 2.45) is 5.41 Å². The Morgan fingerprint density at radius 3 is 2.88 bits per heavy atom. The molecule has 16 heavy (non-hydrogen) atoms. The summed E-state index contributed by atoms with van der Waals surface area (Å²) >= 11 is 1.81. The summed E-state index contributed by atoms with van der Waals surface area (Å²) in [7, 11) is 0. The van der Waals surface area contributed by atoms with Crippen molar-refractivity contribution in [3.05, 3.63) is 22.4 Å². The van der Waals surface area contributed by atoms with Crippen LogP contribution in [0.3, 0.4) is 0 Å². The van der Waals surface area contributed by atoms with Crippen LogP contribution in [0, 0.1) is 5.41 Å². The fourth-order valence-corrected chi connectivity index (χ4v) is 2.65. The van der Waals surface area contributed by atoms with E-state index in [-0.39, 0.29) is 0 Å². The van der Waals surface area contributed by atoms with Crippen LogP contribution in [-0.2, 0) is 6.42 Å². The topological polar surface area (TPSA) is 12.0 Å². The van der Waals surface area contributed by atoms with E-state index in [0.717, 1.165) is 6.04 Å². The Morgan fingerprint density at radius 2 is 2.31 bits per heavy atom. The zero-order chi connectivity index (χ0) is 11.4. The van der Waals surface area contributed by atoms with Crippen molar-refractivity contribution >= 4 is 11.3 Å². The van der Waals surface area contributed by atoms with Gasteiger partial charge in [0.25, 0.3) is 0 Å². The molecule has 0 aromatic carbocycles. The molecule has 0 bridgehead atoms. The fourth-order valence-electron chi connectivity index (χ4n) is 1.95. The lowest BCUT2D eigenvalue weighted by Crippen LogP contribution is -2.33. The molecule has 1 fully saturated rings. The lowest BCUT2D eigenvalue weighted by molar-refractivity contribution is 0.269. The van der Waals surface area contributed by atoms with E-state index in [1.165, 1.54) is 44.2 Å². The quantitative estimate of drug-likeness (QED) is 0.759. The summed E-state index contributed by atoms with van der Waals surface area (Å²) in [5.74, 6) is 0. The molecular formula is C14H23NS. The lowest BCUT2D eigenvalue weighted by Gasteiger charge is -2.28. The average molecular weight is 237 g/mol. The van der Waals surface area contributed by atoms with Gasteiger partial charge < -0.3 is 5.32 Å². The molecule has 1 atom stereocenters. The summed E-state index contributed by atoms with van der Waals surface area (Å²) in [6.45, 7) is 5.94. The Bertz CT molecular complexity index is 303. The van der Waals surface area contributed by atoms with E-state index in [1.807, 2.05) is 11.3 Å². The third kappa shape index (κ3) is 3.60. The lowest BCUT2D eigenvalue weighted by atomic mass is 9.82. The smallest absolute Gasteiger partial charge is 0.00684 e. The molecule has 1 saturated carbocycles. The van der Waals surface area contributed by atoms with Crippen molar-refractivity contribution in [3.63, 3.8) is 0 Å². The fraction of sp³-hybridized carbons (Fsp3) is 0.714. The zero-order valence-electron chi connectivity index (χ0n) is 10.5. The largest absolute Gasteiger partial charge is 0.313 e. The number of nitrogens with one attached hydrogen (secondary N) is 1. The summed E-state index contributed by atoms with van der Waals surface area (Å²) in [6.07, 6.45) is 6.60. The minimum atomic E-state index is 0.477. The summed E-state index contributed by atoms with van der Waals surface area (Å²) in [6, 6.07) is 3.10. The van der Waals surface area contributed by atoms with Crippen LogP contribution in [0.5, 0.6) is 0 Å². The first-order chi connectivity index (χ1) is 7.72. The zero-order valence-corrected chi connectivity index (χ0v) is 11.3. The van der Waals surface area contributed by atoms with E-state index in [1.54, 1.807) is 0 Å². The minimum absolute atomic E-state index is 0.477. The number of hydrogen-bond acceptors (Lipinski definition) is 2. The van der Waals surface area contributed by atoms with Crippen LogP contribution in [0.1, 0.15) is 45.1 Å². The van der Waals surface area contributed by atoms with Gasteiger partial charge in [0, 0.05) is 12.6 Å². The number of aryl methyl sites for hydroxylation is 1. The van der Waals surface area contributed by atoms with Gasteiger partial charge in [-0.25, -0.2) is 0 Å². The first-order valence-electron chi connectivity index (χ1n) is 6.46. The molecule has 0 saturated heterocycles. The predicted octanol–water partition coefficient (Wildman–Crippen LogP) is 3.85. The normalized spacial score (nSPS) is 19.6. The van der Waals surface area contributed by atoms with Crippen LogP contribution >= 0.6 is 11.3 Å². The summed E-state index contributed by atoms with van der Waals surface area (Å²) in [5.41, 5.74) is 1.99. The molecule has 1 aliphatic rings. The van der Waals surface area contributed by atoms with Crippen molar-refractivity contribution in [3.8, 4) is 0 Å². The maximum absolute atomic E-state index is 3.68. The van der Waals surface area contributed by atoms with Crippen LogP contribution in [0.15, 0.2) is 16.8 Å². The molecule has 2 rings (SSSR count). The van der Waals surface area contributed by atoms with Crippen molar-refractivity contribution < 1.29 is 0 Å². The Kier molecular flexibility index (Phi) is 4.04. The number of thiophene rings is 1. The minimum Gasteiger partial charge on any atom is -0.313 e.